The number of pyridine rings is 1. The zero-order valence-electron chi connectivity index (χ0n) is 21.5. The highest BCUT2D eigenvalue weighted by molar-refractivity contribution is 7.89. The number of hydrogen-bond acceptors (Lipinski definition) is 7. The monoisotopic (exact) mass is 532 g/mol. The minimum atomic E-state index is -4.00. The summed E-state index contributed by atoms with van der Waals surface area (Å²) in [6, 6.07) is 4.10. The summed E-state index contributed by atoms with van der Waals surface area (Å²) in [5.74, 6) is -1.67. The number of carboxylic acid groups (broad SMARTS) is 1. The first-order valence-corrected chi connectivity index (χ1v) is 13.4. The number of carboxylic acids is 1. The van der Waals surface area contributed by atoms with Gasteiger partial charge in [-0.25, -0.2) is 13.2 Å². The molecular formula is C25H32N4O7S. The Morgan fingerprint density at radius 1 is 1.19 bits per heavy atom. The van der Waals surface area contributed by atoms with Crippen molar-refractivity contribution in [2.45, 2.75) is 69.5 Å². The van der Waals surface area contributed by atoms with Gasteiger partial charge in [-0.2, -0.15) is 4.31 Å². The van der Waals surface area contributed by atoms with E-state index in [-0.39, 0.29) is 40.5 Å². The highest BCUT2D eigenvalue weighted by Crippen LogP contribution is 2.35. The molecule has 1 saturated carbocycles. The van der Waals surface area contributed by atoms with Gasteiger partial charge >= 0.3 is 11.9 Å². The molecular weight excluding hydrogens is 500 g/mol. The van der Waals surface area contributed by atoms with Crippen molar-refractivity contribution in [3.8, 4) is 0 Å². The third-order valence-electron chi connectivity index (χ3n) is 6.09. The van der Waals surface area contributed by atoms with Crippen molar-refractivity contribution in [2.75, 3.05) is 13.1 Å². The van der Waals surface area contributed by atoms with Crippen LogP contribution >= 0.6 is 0 Å². The molecule has 200 valence electrons. The molecule has 4 rings (SSSR count). The number of rotatable bonds is 9. The van der Waals surface area contributed by atoms with Crippen LogP contribution in [0.15, 0.2) is 34.1 Å². The number of aromatic nitrogens is 2. The molecule has 0 aliphatic heterocycles. The van der Waals surface area contributed by atoms with Crippen molar-refractivity contribution in [1.29, 1.82) is 0 Å². The van der Waals surface area contributed by atoms with Crippen LogP contribution in [0.3, 0.4) is 0 Å². The predicted molar refractivity (Wildman–Crippen MR) is 138 cm³/mol. The number of benzene rings is 1. The van der Waals surface area contributed by atoms with Crippen LogP contribution in [0.4, 0.5) is 0 Å². The summed E-state index contributed by atoms with van der Waals surface area (Å²) in [4.78, 5) is 41.7. The smallest absolute Gasteiger partial charge is 0.337 e. The molecule has 1 fully saturated rings. The van der Waals surface area contributed by atoms with Gasteiger partial charge in [0.1, 0.15) is 11.1 Å². The first-order chi connectivity index (χ1) is 17.1. The second kappa shape index (κ2) is 9.26. The van der Waals surface area contributed by atoms with Crippen LogP contribution in [-0.4, -0.2) is 70.0 Å². The molecule has 2 heterocycles. The first kappa shape index (κ1) is 26.8. The molecule has 0 radical (unpaired) electrons. The highest BCUT2D eigenvalue weighted by atomic mass is 32.2. The van der Waals surface area contributed by atoms with Crippen molar-refractivity contribution < 1.29 is 27.9 Å². The van der Waals surface area contributed by atoms with E-state index in [1.165, 1.54) is 28.7 Å². The maximum Gasteiger partial charge on any atom is 0.337 e. The van der Waals surface area contributed by atoms with Crippen LogP contribution in [0.1, 0.15) is 57.8 Å². The van der Waals surface area contributed by atoms with Gasteiger partial charge in [-0.15, -0.1) is 0 Å². The van der Waals surface area contributed by atoms with Gasteiger partial charge in [0.25, 0.3) is 5.56 Å². The van der Waals surface area contributed by atoms with Gasteiger partial charge < -0.3 is 25.1 Å². The number of hydrogen-bond donors (Lipinski definition) is 4. The Bertz CT molecular complexity index is 1540. The molecule has 0 bridgehead atoms. The maximum atomic E-state index is 13.8. The van der Waals surface area contributed by atoms with Gasteiger partial charge in [0.15, 0.2) is 0 Å². The first-order valence-electron chi connectivity index (χ1n) is 12.0. The van der Waals surface area contributed by atoms with Crippen molar-refractivity contribution in [2.24, 2.45) is 0 Å². The Hall–Kier alpha value is -3.22. The number of nitrogens with zero attached hydrogens (tertiary/aromatic N) is 1. The Morgan fingerprint density at radius 2 is 1.86 bits per heavy atom. The number of carbonyl (C=O) groups is 2. The van der Waals surface area contributed by atoms with E-state index in [0.29, 0.717) is 23.7 Å². The van der Waals surface area contributed by atoms with Gasteiger partial charge in [-0.1, -0.05) is 0 Å². The summed E-state index contributed by atoms with van der Waals surface area (Å²) in [7, 11) is -4.00. The molecule has 2 aromatic heterocycles. The molecule has 0 atom stereocenters. The van der Waals surface area contributed by atoms with Crippen LogP contribution in [0, 0.1) is 0 Å². The summed E-state index contributed by atoms with van der Waals surface area (Å²) < 4.78 is 34.4. The summed E-state index contributed by atoms with van der Waals surface area (Å²) in [6.45, 7) is 8.99. The van der Waals surface area contributed by atoms with Gasteiger partial charge in [0.05, 0.1) is 17.0 Å². The molecule has 0 unspecified atom stereocenters. The molecule has 0 saturated heterocycles. The zero-order valence-corrected chi connectivity index (χ0v) is 22.3. The summed E-state index contributed by atoms with van der Waals surface area (Å²) >= 11 is 0. The molecule has 12 heteroatoms. The largest absolute Gasteiger partial charge is 0.478 e. The predicted octanol–water partition coefficient (Wildman–Crippen LogP) is 2.57. The number of fused-ring (bicyclic) bond motifs is 3. The van der Waals surface area contributed by atoms with E-state index in [2.05, 4.69) is 15.3 Å². The highest BCUT2D eigenvalue weighted by Gasteiger charge is 2.41. The van der Waals surface area contributed by atoms with Crippen LogP contribution in [0.25, 0.3) is 21.8 Å². The van der Waals surface area contributed by atoms with Gasteiger partial charge in [0, 0.05) is 40.6 Å². The molecule has 0 spiro atoms. The molecule has 0 amide bonds. The number of carbonyl (C=O) groups excluding carboxylic acids is 1. The van der Waals surface area contributed by atoms with E-state index < -0.39 is 38.7 Å². The third-order valence-corrected chi connectivity index (χ3v) is 7.98. The number of ether oxygens (including phenoxy) is 1. The summed E-state index contributed by atoms with van der Waals surface area (Å²) in [6.07, 6.45) is 2.65. The number of aromatic amines is 2. The molecule has 4 N–H and O–H groups in total. The molecule has 1 aliphatic rings. The second-order valence-electron chi connectivity index (χ2n) is 11.0. The Kier molecular flexibility index (Phi) is 6.72. The Labute approximate surface area is 214 Å². The van der Waals surface area contributed by atoms with Crippen molar-refractivity contribution >= 4 is 43.8 Å². The topological polar surface area (TPSA) is 162 Å². The van der Waals surface area contributed by atoms with E-state index >= 15 is 0 Å². The minimum absolute atomic E-state index is 0.0132. The molecule has 11 nitrogen and oxygen atoms in total. The van der Waals surface area contributed by atoms with Gasteiger partial charge in [0.2, 0.25) is 10.0 Å². The van der Waals surface area contributed by atoms with Crippen molar-refractivity contribution in [1.82, 2.24) is 19.6 Å². The van der Waals surface area contributed by atoms with E-state index in [1.807, 2.05) is 13.8 Å². The quantitative estimate of drug-likeness (QED) is 0.306. The van der Waals surface area contributed by atoms with E-state index in [0.717, 1.165) is 0 Å². The maximum absolute atomic E-state index is 13.8. The SMILES string of the molecule is CC(C)(CN(C1CC1)S(=O)(=O)c1ccc2[nH]c(=O)c3[nH]cc(C(=O)O)c3c2c1)NCC(=O)OC(C)(C)C. The fourth-order valence-electron chi connectivity index (χ4n) is 4.28. The lowest BCUT2D eigenvalue weighted by atomic mass is 10.1. The lowest BCUT2D eigenvalue weighted by molar-refractivity contribution is -0.154. The normalized spacial score (nSPS) is 15.0. The van der Waals surface area contributed by atoms with Crippen LogP contribution < -0.4 is 10.9 Å². The number of nitrogens with one attached hydrogen (secondary N) is 3. The Balaban J connectivity index is 1.67. The number of H-pyrrole nitrogens is 2. The van der Waals surface area contributed by atoms with Crippen molar-refractivity contribution in [3.63, 3.8) is 0 Å². The Morgan fingerprint density at radius 3 is 2.46 bits per heavy atom. The van der Waals surface area contributed by atoms with Crippen molar-refractivity contribution in [3.05, 3.63) is 40.3 Å². The lowest BCUT2D eigenvalue weighted by Crippen LogP contribution is -2.53. The number of sulfonamides is 1. The lowest BCUT2D eigenvalue weighted by Gasteiger charge is -2.33. The number of esters is 1. The zero-order chi connectivity index (χ0) is 27.3. The van der Waals surface area contributed by atoms with E-state index in [1.54, 1.807) is 20.8 Å². The summed E-state index contributed by atoms with van der Waals surface area (Å²) in [5, 5.41) is 13.2. The van der Waals surface area contributed by atoms with E-state index in [9.17, 15) is 27.9 Å². The van der Waals surface area contributed by atoms with Crippen LogP contribution in [-0.2, 0) is 19.6 Å². The second-order valence-corrected chi connectivity index (χ2v) is 12.9. The van der Waals surface area contributed by atoms with Crippen LogP contribution in [0.5, 0.6) is 0 Å². The van der Waals surface area contributed by atoms with E-state index in [4.69, 9.17) is 4.74 Å². The van der Waals surface area contributed by atoms with Gasteiger partial charge in [-0.3, -0.25) is 9.59 Å². The fourth-order valence-corrected chi connectivity index (χ4v) is 6.15. The molecule has 1 aromatic carbocycles. The van der Waals surface area contributed by atoms with Crippen LogP contribution in [0.2, 0.25) is 0 Å². The average Bonchev–Trinajstić information content (AvgIpc) is 3.51. The molecule has 1 aliphatic carbocycles. The minimum Gasteiger partial charge on any atom is -0.478 e. The average molecular weight is 533 g/mol. The number of aromatic carboxylic acids is 1. The third kappa shape index (κ3) is 5.71. The standard InChI is InChI=1S/C25H32N4O7S/c1-24(2,3)36-19(30)12-27-25(4,5)13-29(14-6-7-14)37(34,35)15-8-9-18-16(10-15)20-17(23(32)33)11-26-21(20)22(31)28-18/h8-11,14,26-27H,6-7,12-13H2,1-5H3,(H,28,31)(H,32,33). The summed E-state index contributed by atoms with van der Waals surface area (Å²) in [5.41, 5.74) is -1.60. The van der Waals surface area contributed by atoms with Gasteiger partial charge in [-0.05, 0) is 65.7 Å². The molecule has 37 heavy (non-hydrogen) atoms. The molecule has 3 aromatic rings. The fraction of sp³-hybridized carbons (Fsp3) is 0.480.